The van der Waals surface area contributed by atoms with Crippen LogP contribution < -0.4 is 4.74 Å². The molecule has 0 aromatic heterocycles. The highest BCUT2D eigenvalue weighted by Gasteiger charge is 2.11. The first kappa shape index (κ1) is 9.59. The molecule has 0 saturated carbocycles. The summed E-state index contributed by atoms with van der Waals surface area (Å²) in [5.41, 5.74) is -0.124. The largest absolute Gasteiger partial charge is 0.488 e. The van der Waals surface area contributed by atoms with Gasteiger partial charge >= 0.3 is 0 Å². The molecule has 1 nitrogen and oxygen atoms in total. The summed E-state index contributed by atoms with van der Waals surface area (Å²) in [6.07, 6.45) is 0. The smallest absolute Gasteiger partial charge is 0.121 e. The first-order chi connectivity index (χ1) is 5.47. The van der Waals surface area contributed by atoms with Gasteiger partial charge in [0.25, 0.3) is 0 Å². The highest BCUT2D eigenvalue weighted by molar-refractivity contribution is 9.10. The summed E-state index contributed by atoms with van der Waals surface area (Å²) in [7, 11) is 0. The van der Waals surface area contributed by atoms with Crippen molar-refractivity contribution in [3.8, 4) is 5.75 Å². The molecule has 1 aromatic carbocycles. The Bertz CT molecular complexity index is 263. The van der Waals surface area contributed by atoms with E-state index in [0.29, 0.717) is 0 Å². The van der Waals surface area contributed by atoms with E-state index < -0.39 is 0 Å². The second kappa shape index (κ2) is 3.48. The molecular weight excluding hydrogens is 216 g/mol. The molecule has 0 aliphatic carbocycles. The normalized spacial score (nSPS) is 11.3. The molecule has 2 heteroatoms. The van der Waals surface area contributed by atoms with Gasteiger partial charge in [0.2, 0.25) is 0 Å². The molecule has 0 spiro atoms. The topological polar surface area (TPSA) is 9.23 Å². The van der Waals surface area contributed by atoms with Crippen LogP contribution in [0.2, 0.25) is 0 Å². The summed E-state index contributed by atoms with van der Waals surface area (Å²) in [4.78, 5) is 0. The zero-order valence-corrected chi connectivity index (χ0v) is 9.18. The second-order valence-electron chi connectivity index (χ2n) is 3.67. The Morgan fingerprint density at radius 2 is 1.92 bits per heavy atom. The zero-order chi connectivity index (χ0) is 9.19. The average Bonchev–Trinajstić information content (AvgIpc) is 1.82. The monoisotopic (exact) mass is 228 g/mol. The molecule has 12 heavy (non-hydrogen) atoms. The third-order valence-electron chi connectivity index (χ3n) is 1.22. The summed E-state index contributed by atoms with van der Waals surface area (Å²) in [5.74, 6) is 0.900. The molecule has 0 saturated heterocycles. The molecular formula is C10H13BrO. The molecule has 66 valence electrons. The van der Waals surface area contributed by atoms with Gasteiger partial charge in [-0.1, -0.05) is 22.0 Å². The van der Waals surface area contributed by atoms with Crippen molar-refractivity contribution in [3.05, 3.63) is 28.7 Å². The van der Waals surface area contributed by atoms with Crippen LogP contribution in [0, 0.1) is 0 Å². The van der Waals surface area contributed by atoms with E-state index in [9.17, 15) is 0 Å². The summed E-state index contributed by atoms with van der Waals surface area (Å²) in [6.45, 7) is 6.11. The van der Waals surface area contributed by atoms with Crippen molar-refractivity contribution < 1.29 is 4.74 Å². The van der Waals surface area contributed by atoms with Crippen molar-refractivity contribution in [1.29, 1.82) is 0 Å². The van der Waals surface area contributed by atoms with Crippen molar-refractivity contribution in [2.75, 3.05) is 0 Å². The molecule has 0 atom stereocenters. The fourth-order valence-corrected chi connectivity index (χ4v) is 1.26. The molecule has 1 rings (SSSR count). The highest BCUT2D eigenvalue weighted by atomic mass is 79.9. The standard InChI is InChI=1S/C10H13BrO/c1-10(2,3)12-9-6-4-5-8(11)7-9/h4-7H,1-3H3. The van der Waals surface area contributed by atoms with Crippen molar-refractivity contribution in [3.63, 3.8) is 0 Å². The van der Waals surface area contributed by atoms with Crippen LogP contribution in [0.5, 0.6) is 5.75 Å². The van der Waals surface area contributed by atoms with Crippen molar-refractivity contribution >= 4 is 15.9 Å². The van der Waals surface area contributed by atoms with Gasteiger partial charge in [0.1, 0.15) is 11.4 Å². The maximum Gasteiger partial charge on any atom is 0.121 e. The Balaban J connectivity index is 2.77. The van der Waals surface area contributed by atoms with E-state index >= 15 is 0 Å². The maximum absolute atomic E-state index is 5.65. The van der Waals surface area contributed by atoms with E-state index in [-0.39, 0.29) is 5.60 Å². The fraction of sp³-hybridized carbons (Fsp3) is 0.400. The van der Waals surface area contributed by atoms with Gasteiger partial charge in [-0.25, -0.2) is 0 Å². The summed E-state index contributed by atoms with van der Waals surface area (Å²) in [6, 6.07) is 7.86. The van der Waals surface area contributed by atoms with E-state index in [2.05, 4.69) is 15.9 Å². The van der Waals surface area contributed by atoms with Crippen LogP contribution in [0.3, 0.4) is 0 Å². The fourth-order valence-electron chi connectivity index (χ4n) is 0.884. The molecule has 0 radical (unpaired) electrons. The molecule has 0 heterocycles. The summed E-state index contributed by atoms with van der Waals surface area (Å²) < 4.78 is 6.70. The highest BCUT2D eigenvalue weighted by Crippen LogP contribution is 2.21. The van der Waals surface area contributed by atoms with Gasteiger partial charge in [-0.3, -0.25) is 0 Å². The number of benzene rings is 1. The van der Waals surface area contributed by atoms with Crippen molar-refractivity contribution in [2.24, 2.45) is 0 Å². The van der Waals surface area contributed by atoms with Gasteiger partial charge < -0.3 is 4.74 Å². The lowest BCUT2D eigenvalue weighted by Crippen LogP contribution is -2.22. The van der Waals surface area contributed by atoms with Crippen molar-refractivity contribution in [1.82, 2.24) is 0 Å². The molecule has 0 aliphatic rings. The third kappa shape index (κ3) is 3.26. The Morgan fingerprint density at radius 1 is 1.25 bits per heavy atom. The maximum atomic E-state index is 5.65. The SMILES string of the molecule is CC(C)(C)Oc1cccc(Br)c1. The van der Waals surface area contributed by atoms with Gasteiger partial charge in [0.05, 0.1) is 0 Å². The summed E-state index contributed by atoms with van der Waals surface area (Å²) >= 11 is 3.39. The van der Waals surface area contributed by atoms with E-state index in [0.717, 1.165) is 10.2 Å². The Kier molecular flexibility index (Phi) is 2.78. The van der Waals surface area contributed by atoms with Gasteiger partial charge in [-0.05, 0) is 39.0 Å². The lowest BCUT2D eigenvalue weighted by Gasteiger charge is -2.21. The molecule has 0 unspecified atom stereocenters. The number of ether oxygens (including phenoxy) is 1. The van der Waals surface area contributed by atoms with E-state index in [4.69, 9.17) is 4.74 Å². The molecule has 0 fully saturated rings. The van der Waals surface area contributed by atoms with Gasteiger partial charge in [0, 0.05) is 4.47 Å². The Labute approximate surface area is 81.9 Å². The lowest BCUT2D eigenvalue weighted by atomic mass is 10.2. The predicted molar refractivity (Wildman–Crippen MR) is 54.5 cm³/mol. The predicted octanol–water partition coefficient (Wildman–Crippen LogP) is 3.63. The van der Waals surface area contributed by atoms with Crippen LogP contribution in [0.4, 0.5) is 0 Å². The van der Waals surface area contributed by atoms with E-state index in [1.807, 2.05) is 45.0 Å². The third-order valence-corrected chi connectivity index (χ3v) is 1.71. The van der Waals surface area contributed by atoms with Crippen LogP contribution in [0.25, 0.3) is 0 Å². The Morgan fingerprint density at radius 3 is 2.42 bits per heavy atom. The number of rotatable bonds is 1. The first-order valence-electron chi connectivity index (χ1n) is 3.92. The molecule has 1 aromatic rings. The van der Waals surface area contributed by atoms with E-state index in [1.165, 1.54) is 0 Å². The lowest BCUT2D eigenvalue weighted by molar-refractivity contribution is 0.131. The minimum atomic E-state index is -0.124. The van der Waals surface area contributed by atoms with Crippen LogP contribution in [0.15, 0.2) is 28.7 Å². The zero-order valence-electron chi connectivity index (χ0n) is 7.60. The molecule has 0 aliphatic heterocycles. The van der Waals surface area contributed by atoms with Gasteiger partial charge in [-0.15, -0.1) is 0 Å². The minimum absolute atomic E-state index is 0.124. The van der Waals surface area contributed by atoms with Crippen LogP contribution in [0.1, 0.15) is 20.8 Å². The molecule has 0 N–H and O–H groups in total. The average molecular weight is 229 g/mol. The van der Waals surface area contributed by atoms with Crippen LogP contribution >= 0.6 is 15.9 Å². The molecule has 0 amide bonds. The first-order valence-corrected chi connectivity index (χ1v) is 4.71. The van der Waals surface area contributed by atoms with Gasteiger partial charge in [-0.2, -0.15) is 0 Å². The van der Waals surface area contributed by atoms with Gasteiger partial charge in [0.15, 0.2) is 0 Å². The number of hydrogen-bond donors (Lipinski definition) is 0. The van der Waals surface area contributed by atoms with Crippen molar-refractivity contribution in [2.45, 2.75) is 26.4 Å². The number of halogens is 1. The number of hydrogen-bond acceptors (Lipinski definition) is 1. The van der Waals surface area contributed by atoms with Crippen LogP contribution in [-0.4, -0.2) is 5.60 Å². The quantitative estimate of drug-likeness (QED) is 0.714. The van der Waals surface area contributed by atoms with E-state index in [1.54, 1.807) is 0 Å². The van der Waals surface area contributed by atoms with Crippen LogP contribution in [-0.2, 0) is 0 Å². The second-order valence-corrected chi connectivity index (χ2v) is 4.59. The minimum Gasteiger partial charge on any atom is -0.488 e. The summed E-state index contributed by atoms with van der Waals surface area (Å²) in [5, 5.41) is 0. The molecule has 0 bridgehead atoms. The Hall–Kier alpha value is -0.500.